The second kappa shape index (κ2) is 5.34. The quantitative estimate of drug-likeness (QED) is 0.875. The van der Waals surface area contributed by atoms with Crippen LogP contribution in [-0.2, 0) is 0 Å². The van der Waals surface area contributed by atoms with Crippen LogP contribution in [0.3, 0.4) is 0 Å². The molecule has 1 saturated carbocycles. The summed E-state index contributed by atoms with van der Waals surface area (Å²) < 4.78 is 0. The third-order valence-electron chi connectivity index (χ3n) is 3.52. The number of hydrogen-bond acceptors (Lipinski definition) is 5. The average molecular weight is 264 g/mol. The van der Waals surface area contributed by atoms with Crippen molar-refractivity contribution in [2.75, 3.05) is 29.2 Å². The number of hydrogen-bond donors (Lipinski definition) is 2. The highest BCUT2D eigenvalue weighted by Gasteiger charge is 2.27. The minimum absolute atomic E-state index is 0.581. The van der Waals surface area contributed by atoms with Gasteiger partial charge in [-0.25, -0.2) is 9.97 Å². The van der Waals surface area contributed by atoms with Crippen LogP contribution in [-0.4, -0.2) is 34.6 Å². The van der Waals surface area contributed by atoms with Crippen LogP contribution in [0.4, 0.5) is 11.6 Å². The summed E-state index contributed by atoms with van der Waals surface area (Å²) in [6.45, 7) is 0. The maximum atomic E-state index is 4.67. The zero-order chi connectivity index (χ0) is 12.4. The second-order valence-electron chi connectivity index (χ2n) is 5.05. The Labute approximate surface area is 112 Å². The van der Waals surface area contributed by atoms with Crippen LogP contribution in [0.15, 0.2) is 6.07 Å². The van der Waals surface area contributed by atoms with Crippen LogP contribution < -0.4 is 10.6 Å². The van der Waals surface area contributed by atoms with E-state index in [1.54, 1.807) is 0 Å². The van der Waals surface area contributed by atoms with Gasteiger partial charge >= 0.3 is 0 Å². The Morgan fingerprint density at radius 3 is 2.50 bits per heavy atom. The first-order chi connectivity index (χ1) is 8.85. The molecule has 2 heterocycles. The zero-order valence-electron chi connectivity index (χ0n) is 10.8. The summed E-state index contributed by atoms with van der Waals surface area (Å²) in [5, 5.41) is 6.71. The fraction of sp³-hybridized carbons (Fsp3) is 0.692. The molecule has 0 bridgehead atoms. The molecule has 0 amide bonds. The fourth-order valence-corrected chi connectivity index (χ4v) is 3.35. The van der Waals surface area contributed by atoms with Crippen molar-refractivity contribution in [2.45, 2.75) is 37.6 Å². The van der Waals surface area contributed by atoms with E-state index in [4.69, 9.17) is 0 Å². The van der Waals surface area contributed by atoms with Crippen LogP contribution in [0.1, 0.15) is 37.4 Å². The fourth-order valence-electron chi connectivity index (χ4n) is 2.24. The largest absolute Gasteiger partial charge is 0.373 e. The minimum atomic E-state index is 0.581. The van der Waals surface area contributed by atoms with Crippen molar-refractivity contribution in [1.82, 2.24) is 9.97 Å². The lowest BCUT2D eigenvalue weighted by atomic mass is 10.1. The number of aromatic nitrogens is 2. The molecule has 0 radical (unpaired) electrons. The van der Waals surface area contributed by atoms with Gasteiger partial charge in [0.2, 0.25) is 0 Å². The Balaban J connectivity index is 1.74. The van der Waals surface area contributed by atoms with Gasteiger partial charge in [-0.05, 0) is 37.2 Å². The summed E-state index contributed by atoms with van der Waals surface area (Å²) in [5.41, 5.74) is 0. The Morgan fingerprint density at radius 2 is 1.83 bits per heavy atom. The van der Waals surface area contributed by atoms with Crippen LogP contribution in [0.2, 0.25) is 0 Å². The van der Waals surface area contributed by atoms with Gasteiger partial charge in [0.15, 0.2) is 0 Å². The molecule has 2 aliphatic rings. The van der Waals surface area contributed by atoms with Crippen molar-refractivity contribution >= 4 is 23.4 Å². The number of nitrogens with one attached hydrogen (secondary N) is 2. The molecular weight excluding hydrogens is 244 g/mol. The first kappa shape index (κ1) is 12.1. The van der Waals surface area contributed by atoms with Gasteiger partial charge in [-0.1, -0.05) is 0 Å². The molecule has 1 aromatic heterocycles. The lowest BCUT2D eigenvalue weighted by Crippen LogP contribution is -2.25. The normalized spacial score (nSPS) is 20.7. The SMILES string of the molecule is CNc1cc(NC2CCSCC2)nc(C2CC2)n1. The van der Waals surface area contributed by atoms with Crippen molar-refractivity contribution in [2.24, 2.45) is 0 Å². The maximum absolute atomic E-state index is 4.67. The molecule has 1 aliphatic carbocycles. The van der Waals surface area contributed by atoms with E-state index in [0.29, 0.717) is 12.0 Å². The van der Waals surface area contributed by atoms with Crippen molar-refractivity contribution in [3.63, 3.8) is 0 Å². The van der Waals surface area contributed by atoms with Gasteiger partial charge in [-0.2, -0.15) is 11.8 Å². The predicted octanol–water partition coefficient (Wildman–Crippen LogP) is 2.70. The number of anilines is 2. The number of rotatable bonds is 4. The highest BCUT2D eigenvalue weighted by molar-refractivity contribution is 7.99. The van der Waals surface area contributed by atoms with E-state index in [2.05, 4.69) is 20.6 Å². The Morgan fingerprint density at radius 1 is 1.11 bits per heavy atom. The van der Waals surface area contributed by atoms with E-state index in [0.717, 1.165) is 17.5 Å². The van der Waals surface area contributed by atoms with Crippen molar-refractivity contribution < 1.29 is 0 Å². The zero-order valence-corrected chi connectivity index (χ0v) is 11.6. The highest BCUT2D eigenvalue weighted by Crippen LogP contribution is 2.39. The molecular formula is C13H20N4S. The standard InChI is InChI=1S/C13H20N4S/c1-14-11-8-12(15-10-4-6-18-7-5-10)17-13(16-11)9-2-3-9/h8-10H,2-7H2,1H3,(H2,14,15,16,17). The van der Waals surface area contributed by atoms with Gasteiger partial charge in [-0.15, -0.1) is 0 Å². The molecule has 18 heavy (non-hydrogen) atoms. The minimum Gasteiger partial charge on any atom is -0.373 e. The lowest BCUT2D eigenvalue weighted by molar-refractivity contribution is 0.662. The number of nitrogens with zero attached hydrogens (tertiary/aromatic N) is 2. The third-order valence-corrected chi connectivity index (χ3v) is 4.56. The smallest absolute Gasteiger partial charge is 0.136 e. The van der Waals surface area contributed by atoms with E-state index >= 15 is 0 Å². The monoisotopic (exact) mass is 264 g/mol. The summed E-state index contributed by atoms with van der Waals surface area (Å²) in [4.78, 5) is 9.21. The van der Waals surface area contributed by atoms with Gasteiger partial charge in [0.1, 0.15) is 17.5 Å². The summed E-state index contributed by atoms with van der Waals surface area (Å²) in [6.07, 6.45) is 4.96. The van der Waals surface area contributed by atoms with Crippen LogP contribution in [0, 0.1) is 0 Å². The van der Waals surface area contributed by atoms with E-state index in [1.807, 2.05) is 24.9 Å². The Hall–Kier alpha value is -0.970. The topological polar surface area (TPSA) is 49.8 Å². The molecule has 0 aromatic carbocycles. The molecule has 98 valence electrons. The molecule has 2 fully saturated rings. The van der Waals surface area contributed by atoms with E-state index in [-0.39, 0.29) is 0 Å². The van der Waals surface area contributed by atoms with Crippen molar-refractivity contribution in [3.05, 3.63) is 11.9 Å². The molecule has 2 N–H and O–H groups in total. The molecule has 1 saturated heterocycles. The lowest BCUT2D eigenvalue weighted by Gasteiger charge is -2.23. The average Bonchev–Trinajstić information content (AvgIpc) is 3.24. The van der Waals surface area contributed by atoms with Crippen molar-refractivity contribution in [3.8, 4) is 0 Å². The molecule has 3 rings (SSSR count). The van der Waals surface area contributed by atoms with Crippen LogP contribution >= 0.6 is 11.8 Å². The summed E-state index contributed by atoms with van der Waals surface area (Å²) in [6, 6.07) is 2.60. The molecule has 0 spiro atoms. The number of thioether (sulfide) groups is 1. The highest BCUT2D eigenvalue weighted by atomic mass is 32.2. The predicted molar refractivity (Wildman–Crippen MR) is 77.5 cm³/mol. The molecule has 1 aromatic rings. The molecule has 0 unspecified atom stereocenters. The Kier molecular flexibility index (Phi) is 3.59. The second-order valence-corrected chi connectivity index (χ2v) is 6.28. The first-order valence-corrected chi connectivity index (χ1v) is 7.91. The third kappa shape index (κ3) is 2.88. The Bertz CT molecular complexity index is 413. The summed E-state index contributed by atoms with van der Waals surface area (Å²) >= 11 is 2.05. The van der Waals surface area contributed by atoms with Gasteiger partial charge in [-0.3, -0.25) is 0 Å². The maximum Gasteiger partial charge on any atom is 0.136 e. The van der Waals surface area contributed by atoms with E-state index < -0.39 is 0 Å². The first-order valence-electron chi connectivity index (χ1n) is 6.76. The van der Waals surface area contributed by atoms with Crippen LogP contribution in [0.25, 0.3) is 0 Å². The van der Waals surface area contributed by atoms with Gasteiger partial charge in [0.05, 0.1) is 0 Å². The van der Waals surface area contributed by atoms with Gasteiger partial charge in [0.25, 0.3) is 0 Å². The van der Waals surface area contributed by atoms with Crippen molar-refractivity contribution in [1.29, 1.82) is 0 Å². The molecule has 1 aliphatic heterocycles. The molecule has 0 atom stereocenters. The van der Waals surface area contributed by atoms with E-state index in [1.165, 1.54) is 37.2 Å². The van der Waals surface area contributed by atoms with Crippen LogP contribution in [0.5, 0.6) is 0 Å². The van der Waals surface area contributed by atoms with Gasteiger partial charge < -0.3 is 10.6 Å². The summed E-state index contributed by atoms with van der Waals surface area (Å²) in [5.74, 6) is 6.05. The van der Waals surface area contributed by atoms with Gasteiger partial charge in [0, 0.05) is 25.1 Å². The molecule has 5 heteroatoms. The van der Waals surface area contributed by atoms with E-state index in [9.17, 15) is 0 Å². The summed E-state index contributed by atoms with van der Waals surface area (Å²) in [7, 11) is 1.92. The molecule has 4 nitrogen and oxygen atoms in total.